The van der Waals surface area contributed by atoms with E-state index in [4.69, 9.17) is 9.73 Å². The van der Waals surface area contributed by atoms with Gasteiger partial charge in [0.25, 0.3) is 0 Å². The van der Waals surface area contributed by atoms with Crippen molar-refractivity contribution in [2.24, 2.45) is 4.99 Å². The van der Waals surface area contributed by atoms with Gasteiger partial charge in [-0.2, -0.15) is 0 Å². The average Bonchev–Trinajstić information content (AvgIpc) is 3.49. The Bertz CT molecular complexity index is 921. The second kappa shape index (κ2) is 11.4. The molecule has 1 atom stereocenters. The highest BCUT2D eigenvalue weighted by atomic mass is 35.5. The molecule has 2 aliphatic rings. The lowest BCUT2D eigenvalue weighted by Crippen LogP contribution is -2.01. The van der Waals surface area contributed by atoms with Gasteiger partial charge in [-0.15, -0.1) is 12.4 Å². The van der Waals surface area contributed by atoms with Crippen LogP contribution in [0, 0.1) is 0 Å². The smallest absolute Gasteiger partial charge is 0.146 e. The van der Waals surface area contributed by atoms with E-state index >= 15 is 0 Å². The van der Waals surface area contributed by atoms with Crippen LogP contribution in [-0.4, -0.2) is 22.8 Å². The molecule has 2 aromatic rings. The maximum Gasteiger partial charge on any atom is 0.146 e. The predicted molar refractivity (Wildman–Crippen MR) is 132 cm³/mol. The zero-order valence-corrected chi connectivity index (χ0v) is 19.7. The lowest BCUT2D eigenvalue weighted by Gasteiger charge is -2.16. The Morgan fingerprint density at radius 2 is 2.06 bits per heavy atom. The molecule has 4 rings (SSSR count). The number of hydrogen-bond donors (Lipinski definition) is 2. The second-order valence-electron chi connectivity index (χ2n) is 8.63. The third-order valence-electron chi connectivity index (χ3n) is 6.43. The number of aryl methyl sites for hydroxylation is 1. The van der Waals surface area contributed by atoms with Crippen molar-refractivity contribution in [1.82, 2.24) is 9.97 Å². The number of H-pyrrole nitrogens is 2. The first-order valence-corrected chi connectivity index (χ1v) is 11.7. The minimum Gasteiger partial charge on any atom is -0.494 e. The number of hydrogen-bond acceptors (Lipinski definition) is 2. The van der Waals surface area contributed by atoms with Crippen LogP contribution < -0.4 is 0 Å². The number of fused-ring (bicyclic) bond motifs is 1. The first-order chi connectivity index (χ1) is 14.8. The van der Waals surface area contributed by atoms with Gasteiger partial charge in [0.15, 0.2) is 0 Å². The number of rotatable bonds is 7. The van der Waals surface area contributed by atoms with E-state index in [1.807, 2.05) is 24.4 Å². The molecule has 5 heteroatoms. The molecule has 0 radical (unpaired) electrons. The number of halogens is 1. The topological polar surface area (TPSA) is 53.2 Å². The SMILES string of the molecule is CCCCCC1CCCCCCc2[nH]c(/C=C3\N=C(c4ccc[nH]4)C=C3OC)cc21.Cl. The molecule has 2 aromatic heterocycles. The van der Waals surface area contributed by atoms with Crippen LogP contribution in [-0.2, 0) is 11.2 Å². The van der Waals surface area contributed by atoms with E-state index in [1.165, 1.54) is 63.5 Å². The van der Waals surface area contributed by atoms with E-state index < -0.39 is 0 Å². The quantitative estimate of drug-likeness (QED) is 0.435. The van der Waals surface area contributed by atoms with E-state index in [-0.39, 0.29) is 12.4 Å². The van der Waals surface area contributed by atoms with Crippen molar-refractivity contribution < 1.29 is 4.74 Å². The van der Waals surface area contributed by atoms with Gasteiger partial charge in [-0.25, -0.2) is 4.99 Å². The van der Waals surface area contributed by atoms with Crippen molar-refractivity contribution in [3.05, 3.63) is 64.6 Å². The van der Waals surface area contributed by atoms with E-state index in [0.717, 1.165) is 35.0 Å². The van der Waals surface area contributed by atoms with Crippen LogP contribution >= 0.6 is 12.4 Å². The standard InChI is InChI=1S/C26H35N3O.ClH/c1-3-4-7-11-19-12-8-5-6-9-13-22-21(19)16-20(28-22)17-25-26(30-2)18-24(29-25)23-14-10-15-27-23;/h10,14-19,27-28H,3-9,11-13H2,1-2H3;1H/b25-17-;. The van der Waals surface area contributed by atoms with Crippen LogP contribution in [0.2, 0.25) is 0 Å². The number of nitrogens with zero attached hydrogens (tertiary/aromatic N) is 1. The molecule has 1 unspecified atom stereocenters. The molecule has 0 aromatic carbocycles. The second-order valence-corrected chi connectivity index (χ2v) is 8.63. The van der Waals surface area contributed by atoms with Gasteiger partial charge < -0.3 is 14.7 Å². The molecule has 168 valence electrons. The van der Waals surface area contributed by atoms with Crippen molar-refractivity contribution in [3.8, 4) is 0 Å². The summed E-state index contributed by atoms with van der Waals surface area (Å²) in [6.07, 6.45) is 19.2. The molecule has 0 spiro atoms. The van der Waals surface area contributed by atoms with Crippen LogP contribution in [0.4, 0.5) is 0 Å². The molecule has 0 bridgehead atoms. The molecule has 2 N–H and O–H groups in total. The van der Waals surface area contributed by atoms with E-state index in [2.05, 4.69) is 29.0 Å². The lowest BCUT2D eigenvalue weighted by atomic mass is 9.88. The molecule has 4 nitrogen and oxygen atoms in total. The number of aromatic nitrogens is 2. The Kier molecular flexibility index (Phi) is 8.65. The maximum absolute atomic E-state index is 5.62. The summed E-state index contributed by atoms with van der Waals surface area (Å²) in [5.74, 6) is 1.50. The van der Waals surface area contributed by atoms with Gasteiger partial charge in [-0.3, -0.25) is 0 Å². The molecule has 1 aliphatic heterocycles. The lowest BCUT2D eigenvalue weighted by molar-refractivity contribution is 0.303. The minimum atomic E-state index is 0. The van der Waals surface area contributed by atoms with E-state index in [0.29, 0.717) is 5.92 Å². The van der Waals surface area contributed by atoms with Gasteiger partial charge in [0.2, 0.25) is 0 Å². The van der Waals surface area contributed by atoms with Crippen LogP contribution in [0.3, 0.4) is 0 Å². The van der Waals surface area contributed by atoms with Gasteiger partial charge in [-0.05, 0) is 61.4 Å². The largest absolute Gasteiger partial charge is 0.494 e. The van der Waals surface area contributed by atoms with Crippen LogP contribution in [0.1, 0.15) is 93.3 Å². The molecule has 31 heavy (non-hydrogen) atoms. The van der Waals surface area contributed by atoms with Gasteiger partial charge in [0.1, 0.15) is 11.5 Å². The first kappa shape index (κ1) is 23.5. The number of unbranched alkanes of at least 4 members (excludes halogenated alkanes) is 2. The molecule has 0 amide bonds. The van der Waals surface area contributed by atoms with Crippen molar-refractivity contribution in [2.45, 2.75) is 77.0 Å². The first-order valence-electron chi connectivity index (χ1n) is 11.7. The zero-order chi connectivity index (χ0) is 20.8. The molecule has 3 heterocycles. The Hall–Kier alpha value is -2.20. The molecule has 1 aliphatic carbocycles. The Morgan fingerprint density at radius 1 is 1.19 bits per heavy atom. The van der Waals surface area contributed by atoms with Crippen LogP contribution in [0.5, 0.6) is 0 Å². The average molecular weight is 442 g/mol. The summed E-state index contributed by atoms with van der Waals surface area (Å²) < 4.78 is 5.62. The summed E-state index contributed by atoms with van der Waals surface area (Å²) >= 11 is 0. The highest BCUT2D eigenvalue weighted by molar-refractivity contribution is 6.11. The normalized spacial score (nSPS) is 20.2. The summed E-state index contributed by atoms with van der Waals surface area (Å²) in [7, 11) is 1.72. The fraction of sp³-hybridized carbons (Fsp3) is 0.500. The van der Waals surface area contributed by atoms with E-state index in [1.54, 1.807) is 12.7 Å². The van der Waals surface area contributed by atoms with E-state index in [9.17, 15) is 0 Å². The van der Waals surface area contributed by atoms with Crippen molar-refractivity contribution in [2.75, 3.05) is 7.11 Å². The van der Waals surface area contributed by atoms with Crippen LogP contribution in [0.15, 0.2) is 46.9 Å². The third-order valence-corrected chi connectivity index (χ3v) is 6.43. The summed E-state index contributed by atoms with van der Waals surface area (Å²) in [5, 5.41) is 0. The molecular weight excluding hydrogens is 406 g/mol. The Morgan fingerprint density at radius 3 is 2.84 bits per heavy atom. The maximum atomic E-state index is 5.62. The highest BCUT2D eigenvalue weighted by Crippen LogP contribution is 2.35. The summed E-state index contributed by atoms with van der Waals surface area (Å²) in [6, 6.07) is 6.42. The van der Waals surface area contributed by atoms with Gasteiger partial charge >= 0.3 is 0 Å². The predicted octanol–water partition coefficient (Wildman–Crippen LogP) is 7.31. The number of nitrogens with one attached hydrogen (secondary N) is 2. The molecule has 0 saturated carbocycles. The Balaban J connectivity index is 0.00000272. The monoisotopic (exact) mass is 441 g/mol. The van der Waals surface area contributed by atoms with Gasteiger partial charge in [-0.1, -0.05) is 45.4 Å². The molecule has 0 fully saturated rings. The van der Waals surface area contributed by atoms with Crippen LogP contribution in [0.25, 0.3) is 6.08 Å². The van der Waals surface area contributed by atoms with Crippen molar-refractivity contribution in [1.29, 1.82) is 0 Å². The minimum absolute atomic E-state index is 0. The number of methoxy groups -OCH3 is 1. The fourth-order valence-electron chi connectivity index (χ4n) is 4.79. The highest BCUT2D eigenvalue weighted by Gasteiger charge is 2.21. The summed E-state index contributed by atoms with van der Waals surface area (Å²) in [4.78, 5) is 11.8. The number of allylic oxidation sites excluding steroid dienone is 1. The van der Waals surface area contributed by atoms with Gasteiger partial charge in [0, 0.05) is 23.7 Å². The fourth-order valence-corrected chi connectivity index (χ4v) is 4.79. The number of ether oxygens (including phenoxy) is 1. The summed E-state index contributed by atoms with van der Waals surface area (Å²) in [5.41, 5.74) is 6.96. The summed E-state index contributed by atoms with van der Waals surface area (Å²) in [6.45, 7) is 2.29. The third kappa shape index (κ3) is 5.74. The number of aromatic amines is 2. The van der Waals surface area contributed by atoms with Crippen molar-refractivity contribution >= 4 is 24.2 Å². The number of aliphatic imine (C=N–C) groups is 1. The van der Waals surface area contributed by atoms with Gasteiger partial charge in [0.05, 0.1) is 18.5 Å². The molecule has 0 saturated heterocycles. The Labute approximate surface area is 192 Å². The van der Waals surface area contributed by atoms with Crippen molar-refractivity contribution in [3.63, 3.8) is 0 Å². The zero-order valence-electron chi connectivity index (χ0n) is 18.9. The molecular formula is C26H36ClN3O.